The summed E-state index contributed by atoms with van der Waals surface area (Å²) in [5.74, 6) is 0.623. The molecule has 0 aliphatic rings. The lowest BCUT2D eigenvalue weighted by atomic mass is 9.87. The molecule has 1 heteroatoms. The Morgan fingerprint density at radius 1 is 0.609 bits per heavy atom. The van der Waals surface area contributed by atoms with Crippen LogP contribution in [0.5, 0.6) is 5.75 Å². The van der Waals surface area contributed by atoms with Crippen molar-refractivity contribution in [3.63, 3.8) is 0 Å². The second-order valence-electron chi connectivity index (χ2n) is 6.91. The summed E-state index contributed by atoms with van der Waals surface area (Å²) >= 11 is 0. The number of phenols is 1. The minimum atomic E-state index is 0.623. The number of unbranched alkanes of at least 4 members (excludes halogenated alkanes) is 4. The van der Waals surface area contributed by atoms with Gasteiger partial charge in [0.15, 0.2) is 0 Å². The van der Waals surface area contributed by atoms with Gasteiger partial charge in [0.25, 0.3) is 0 Å². The van der Waals surface area contributed by atoms with Crippen LogP contribution in [0, 0.1) is 0 Å². The van der Waals surface area contributed by atoms with Crippen LogP contribution >= 0.6 is 0 Å². The van der Waals surface area contributed by atoms with Gasteiger partial charge in [-0.2, -0.15) is 0 Å². The fourth-order valence-corrected chi connectivity index (χ4v) is 3.33. The van der Waals surface area contributed by atoms with E-state index in [0.29, 0.717) is 5.75 Å². The number of aromatic hydroxyl groups is 1. The van der Waals surface area contributed by atoms with Crippen molar-refractivity contribution in [3.05, 3.63) is 28.3 Å². The van der Waals surface area contributed by atoms with Crippen molar-refractivity contribution in [3.8, 4) is 5.75 Å². The monoisotopic (exact) mass is 318 g/mol. The Balaban J connectivity index is 3.24. The maximum atomic E-state index is 10.9. The van der Waals surface area contributed by atoms with Crippen LogP contribution in [0.2, 0.25) is 0 Å². The summed E-state index contributed by atoms with van der Waals surface area (Å²) in [6.07, 6.45) is 14.0. The highest BCUT2D eigenvalue weighted by molar-refractivity contribution is 5.50. The maximum Gasteiger partial charge on any atom is 0.122 e. The second-order valence-corrected chi connectivity index (χ2v) is 6.91. The van der Waals surface area contributed by atoms with E-state index in [1.807, 2.05) is 0 Å². The highest BCUT2D eigenvalue weighted by Gasteiger charge is 2.16. The van der Waals surface area contributed by atoms with Crippen LogP contribution in [0.25, 0.3) is 0 Å². The van der Waals surface area contributed by atoms with E-state index >= 15 is 0 Å². The van der Waals surface area contributed by atoms with Crippen molar-refractivity contribution in [2.75, 3.05) is 0 Å². The number of hydrogen-bond donors (Lipinski definition) is 1. The van der Waals surface area contributed by atoms with Gasteiger partial charge in [0.05, 0.1) is 0 Å². The zero-order valence-electron chi connectivity index (χ0n) is 16.0. The van der Waals surface area contributed by atoms with E-state index in [-0.39, 0.29) is 0 Å². The number of rotatable bonds is 12. The van der Waals surface area contributed by atoms with E-state index < -0.39 is 0 Å². The second kappa shape index (κ2) is 11.5. The van der Waals surface area contributed by atoms with Gasteiger partial charge in [0.1, 0.15) is 5.75 Å². The molecule has 0 aromatic heterocycles. The van der Waals surface area contributed by atoms with Crippen LogP contribution in [-0.2, 0) is 25.7 Å². The molecule has 0 bridgehead atoms. The maximum absolute atomic E-state index is 10.9. The first-order chi connectivity index (χ1) is 11.2. The molecule has 0 aliphatic heterocycles. The Morgan fingerprint density at radius 2 is 1.04 bits per heavy atom. The summed E-state index contributed by atoms with van der Waals surface area (Å²) in [6, 6.07) is 2.33. The minimum absolute atomic E-state index is 0.623. The quantitative estimate of drug-likeness (QED) is 0.451. The molecule has 1 aromatic rings. The molecular formula is C22H38O. The molecule has 1 N–H and O–H groups in total. The lowest BCUT2D eigenvalue weighted by Crippen LogP contribution is -2.05. The lowest BCUT2D eigenvalue weighted by Gasteiger charge is -2.20. The molecule has 0 aliphatic carbocycles. The summed E-state index contributed by atoms with van der Waals surface area (Å²) in [5.41, 5.74) is 5.48. The molecule has 0 saturated carbocycles. The van der Waals surface area contributed by atoms with Crippen molar-refractivity contribution in [1.29, 1.82) is 0 Å². The summed E-state index contributed by atoms with van der Waals surface area (Å²) in [5, 5.41) is 10.9. The Morgan fingerprint density at radius 3 is 1.57 bits per heavy atom. The number of hydrogen-bond acceptors (Lipinski definition) is 1. The van der Waals surface area contributed by atoms with E-state index in [1.54, 1.807) is 0 Å². The fourth-order valence-electron chi connectivity index (χ4n) is 3.33. The Bertz CT molecular complexity index is 448. The van der Waals surface area contributed by atoms with Gasteiger partial charge in [-0.25, -0.2) is 0 Å². The molecular weight excluding hydrogens is 280 g/mol. The van der Waals surface area contributed by atoms with E-state index in [4.69, 9.17) is 0 Å². The third-order valence-corrected chi connectivity index (χ3v) is 4.85. The first kappa shape index (κ1) is 20.1. The molecule has 0 fully saturated rings. The molecule has 1 nitrogen and oxygen atoms in total. The average Bonchev–Trinajstić information content (AvgIpc) is 2.56. The number of benzene rings is 1. The van der Waals surface area contributed by atoms with E-state index in [1.165, 1.54) is 80.0 Å². The van der Waals surface area contributed by atoms with Gasteiger partial charge < -0.3 is 5.11 Å². The molecule has 0 amide bonds. The van der Waals surface area contributed by atoms with Crippen molar-refractivity contribution < 1.29 is 5.11 Å². The van der Waals surface area contributed by atoms with Crippen LogP contribution in [0.3, 0.4) is 0 Å². The molecule has 132 valence electrons. The molecule has 0 spiro atoms. The zero-order chi connectivity index (χ0) is 17.1. The van der Waals surface area contributed by atoms with Crippen LogP contribution < -0.4 is 0 Å². The molecule has 0 unspecified atom stereocenters. The standard InChI is InChI=1S/C22H38O/c1-5-9-13-18-17-19(14-10-6-2)22(23)21(16-12-8-4)20(18)15-11-7-3/h17,23H,5-16H2,1-4H3. The van der Waals surface area contributed by atoms with Crippen molar-refractivity contribution >= 4 is 0 Å². The van der Waals surface area contributed by atoms with Crippen LogP contribution in [0.15, 0.2) is 6.07 Å². The van der Waals surface area contributed by atoms with Crippen molar-refractivity contribution in [2.24, 2.45) is 0 Å². The topological polar surface area (TPSA) is 20.2 Å². The molecule has 0 atom stereocenters. The number of phenolic OH excluding ortho intramolecular Hbond substituents is 1. The van der Waals surface area contributed by atoms with E-state index in [2.05, 4.69) is 33.8 Å². The molecule has 0 radical (unpaired) electrons. The SMILES string of the molecule is CCCCc1cc(CCCC)c(CCCC)c(CCCC)c1O. The average molecular weight is 319 g/mol. The summed E-state index contributed by atoms with van der Waals surface area (Å²) in [4.78, 5) is 0. The Kier molecular flexibility index (Phi) is 10.1. The molecule has 23 heavy (non-hydrogen) atoms. The summed E-state index contributed by atoms with van der Waals surface area (Å²) in [6.45, 7) is 8.99. The lowest BCUT2D eigenvalue weighted by molar-refractivity contribution is 0.456. The van der Waals surface area contributed by atoms with Crippen LogP contribution in [-0.4, -0.2) is 5.11 Å². The minimum Gasteiger partial charge on any atom is -0.507 e. The van der Waals surface area contributed by atoms with Gasteiger partial charge in [-0.05, 0) is 73.6 Å². The smallest absolute Gasteiger partial charge is 0.122 e. The van der Waals surface area contributed by atoms with Gasteiger partial charge in [-0.15, -0.1) is 0 Å². The highest BCUT2D eigenvalue weighted by Crippen LogP contribution is 2.33. The van der Waals surface area contributed by atoms with Crippen LogP contribution in [0.4, 0.5) is 0 Å². The predicted molar refractivity (Wildman–Crippen MR) is 103 cm³/mol. The van der Waals surface area contributed by atoms with E-state index in [9.17, 15) is 5.11 Å². The Hall–Kier alpha value is -0.980. The van der Waals surface area contributed by atoms with Gasteiger partial charge in [-0.1, -0.05) is 59.4 Å². The molecule has 1 rings (SSSR count). The third-order valence-electron chi connectivity index (χ3n) is 4.85. The highest BCUT2D eigenvalue weighted by atomic mass is 16.3. The third kappa shape index (κ3) is 6.20. The summed E-state index contributed by atoms with van der Waals surface area (Å²) in [7, 11) is 0. The first-order valence-corrected chi connectivity index (χ1v) is 10.0. The molecule has 0 heterocycles. The first-order valence-electron chi connectivity index (χ1n) is 10.0. The normalized spacial score (nSPS) is 11.1. The predicted octanol–water partition coefficient (Wildman–Crippen LogP) is 6.76. The summed E-state index contributed by atoms with van der Waals surface area (Å²) < 4.78 is 0. The van der Waals surface area contributed by atoms with Gasteiger partial charge >= 0.3 is 0 Å². The van der Waals surface area contributed by atoms with Gasteiger partial charge in [-0.3, -0.25) is 0 Å². The van der Waals surface area contributed by atoms with Gasteiger partial charge in [0.2, 0.25) is 0 Å². The molecule has 1 aromatic carbocycles. The fraction of sp³-hybridized carbons (Fsp3) is 0.727. The Labute approximate surface area is 144 Å². The largest absolute Gasteiger partial charge is 0.507 e. The zero-order valence-corrected chi connectivity index (χ0v) is 16.0. The molecule has 0 saturated heterocycles. The van der Waals surface area contributed by atoms with Crippen LogP contribution in [0.1, 0.15) is 101 Å². The van der Waals surface area contributed by atoms with Crippen molar-refractivity contribution in [1.82, 2.24) is 0 Å². The van der Waals surface area contributed by atoms with E-state index in [0.717, 1.165) is 19.3 Å². The van der Waals surface area contributed by atoms with Crippen molar-refractivity contribution in [2.45, 2.75) is 105 Å². The van der Waals surface area contributed by atoms with Gasteiger partial charge in [0, 0.05) is 0 Å². The number of aryl methyl sites for hydroxylation is 2.